The third-order valence-electron chi connectivity index (χ3n) is 3.44. The fourth-order valence-electron chi connectivity index (χ4n) is 2.28. The maximum absolute atomic E-state index is 12.2. The molecule has 3 aromatic rings. The van der Waals surface area contributed by atoms with Crippen molar-refractivity contribution in [3.8, 4) is 5.75 Å². The number of ether oxygens (including phenoxy) is 1. The largest absolute Gasteiger partial charge is 0.491 e. The maximum atomic E-state index is 12.2. The fourth-order valence-corrected chi connectivity index (χ4v) is 2.45. The van der Waals surface area contributed by atoms with Gasteiger partial charge >= 0.3 is 6.03 Å². The van der Waals surface area contributed by atoms with Gasteiger partial charge in [0.1, 0.15) is 5.75 Å². The van der Waals surface area contributed by atoms with Gasteiger partial charge in [0.2, 0.25) is 0 Å². The maximum Gasteiger partial charge on any atom is 0.319 e. The van der Waals surface area contributed by atoms with E-state index in [0.29, 0.717) is 28.9 Å². The molecule has 3 rings (SSSR count). The molecule has 2 aromatic heterocycles. The molecular weight excluding hydrogens is 342 g/mol. The van der Waals surface area contributed by atoms with Crippen LogP contribution in [-0.4, -0.2) is 27.2 Å². The van der Waals surface area contributed by atoms with Crippen LogP contribution >= 0.6 is 11.6 Å². The van der Waals surface area contributed by atoms with Crippen molar-refractivity contribution in [2.45, 2.75) is 19.9 Å². The van der Waals surface area contributed by atoms with Crippen molar-refractivity contribution in [1.29, 1.82) is 0 Å². The number of benzene rings is 1. The lowest BCUT2D eigenvalue weighted by Gasteiger charge is -2.13. The molecule has 0 aliphatic rings. The van der Waals surface area contributed by atoms with Crippen LogP contribution in [0.2, 0.25) is 5.02 Å². The van der Waals surface area contributed by atoms with Crippen LogP contribution in [0, 0.1) is 0 Å². The number of rotatable bonds is 6. The number of carbonyl (C=O) groups is 1. The Kier molecular flexibility index (Phi) is 5.35. The summed E-state index contributed by atoms with van der Waals surface area (Å²) in [6.45, 7) is 2.81. The molecule has 0 aliphatic heterocycles. The third kappa shape index (κ3) is 4.19. The lowest BCUT2D eigenvalue weighted by molar-refractivity contribution is 0.251. The second kappa shape index (κ2) is 7.85. The number of nitrogens with zero attached hydrogens (tertiary/aromatic N) is 3. The van der Waals surface area contributed by atoms with Gasteiger partial charge in [-0.1, -0.05) is 24.6 Å². The van der Waals surface area contributed by atoms with E-state index in [1.54, 1.807) is 18.2 Å². The zero-order chi connectivity index (χ0) is 17.6. The van der Waals surface area contributed by atoms with Gasteiger partial charge in [-0.3, -0.25) is 4.40 Å². The van der Waals surface area contributed by atoms with E-state index < -0.39 is 0 Å². The molecule has 25 heavy (non-hydrogen) atoms. The van der Waals surface area contributed by atoms with Crippen LogP contribution in [-0.2, 0) is 6.54 Å². The van der Waals surface area contributed by atoms with Crippen molar-refractivity contribution in [3.63, 3.8) is 0 Å². The van der Waals surface area contributed by atoms with E-state index in [4.69, 9.17) is 16.3 Å². The summed E-state index contributed by atoms with van der Waals surface area (Å²) in [5.41, 5.74) is 1.24. The molecule has 0 atom stereocenters. The van der Waals surface area contributed by atoms with Crippen LogP contribution in [0.4, 0.5) is 10.5 Å². The standard InChI is InChI=1S/C17H18ClN5O2/c1-2-9-25-14-7-6-12(18)10-13(14)20-17(24)19-11-16-22-21-15-5-3-4-8-23(15)16/h3-8,10H,2,9,11H2,1H3,(H2,19,20,24). The second-order valence-corrected chi connectivity index (χ2v) is 5.78. The molecule has 0 saturated heterocycles. The predicted molar refractivity (Wildman–Crippen MR) is 96.1 cm³/mol. The quantitative estimate of drug-likeness (QED) is 0.706. The number of urea groups is 1. The smallest absolute Gasteiger partial charge is 0.319 e. The predicted octanol–water partition coefficient (Wildman–Crippen LogP) is 3.49. The summed E-state index contributed by atoms with van der Waals surface area (Å²) in [5.74, 6) is 1.22. The Morgan fingerprint density at radius 1 is 1.28 bits per heavy atom. The van der Waals surface area contributed by atoms with Gasteiger partial charge in [0, 0.05) is 11.2 Å². The molecule has 1 aromatic carbocycles. The lowest BCUT2D eigenvalue weighted by atomic mass is 10.3. The summed E-state index contributed by atoms with van der Waals surface area (Å²) in [5, 5.41) is 14.1. The van der Waals surface area contributed by atoms with Gasteiger partial charge in [0.15, 0.2) is 11.5 Å². The minimum atomic E-state index is -0.378. The number of halogens is 1. The summed E-state index contributed by atoms with van der Waals surface area (Å²) in [4.78, 5) is 12.2. The van der Waals surface area contributed by atoms with Crippen LogP contribution in [0.5, 0.6) is 5.75 Å². The molecule has 2 N–H and O–H groups in total. The zero-order valence-electron chi connectivity index (χ0n) is 13.7. The summed E-state index contributed by atoms with van der Waals surface area (Å²) < 4.78 is 7.44. The number of pyridine rings is 1. The van der Waals surface area contributed by atoms with E-state index in [1.165, 1.54) is 0 Å². The van der Waals surface area contributed by atoms with Gasteiger partial charge in [-0.25, -0.2) is 4.79 Å². The van der Waals surface area contributed by atoms with E-state index in [-0.39, 0.29) is 12.6 Å². The molecule has 0 unspecified atom stereocenters. The van der Waals surface area contributed by atoms with Gasteiger partial charge in [0.05, 0.1) is 18.8 Å². The Morgan fingerprint density at radius 2 is 2.16 bits per heavy atom. The molecule has 8 heteroatoms. The highest BCUT2D eigenvalue weighted by molar-refractivity contribution is 6.31. The summed E-state index contributed by atoms with van der Waals surface area (Å²) in [6, 6.07) is 10.3. The number of carbonyl (C=O) groups excluding carboxylic acids is 1. The highest BCUT2D eigenvalue weighted by atomic mass is 35.5. The normalized spacial score (nSPS) is 10.6. The molecule has 0 bridgehead atoms. The number of fused-ring (bicyclic) bond motifs is 1. The van der Waals surface area contributed by atoms with Gasteiger partial charge in [-0.15, -0.1) is 10.2 Å². The molecule has 0 radical (unpaired) electrons. The van der Waals surface area contributed by atoms with E-state index >= 15 is 0 Å². The van der Waals surface area contributed by atoms with Crippen molar-refractivity contribution < 1.29 is 9.53 Å². The summed E-state index contributed by atoms with van der Waals surface area (Å²) >= 11 is 6.01. The first-order valence-electron chi connectivity index (χ1n) is 7.93. The molecule has 130 valence electrons. The van der Waals surface area contributed by atoms with E-state index in [2.05, 4.69) is 20.8 Å². The van der Waals surface area contributed by atoms with E-state index in [1.807, 2.05) is 35.7 Å². The van der Waals surface area contributed by atoms with Gasteiger partial charge < -0.3 is 15.4 Å². The summed E-state index contributed by atoms with van der Waals surface area (Å²) in [6.07, 6.45) is 2.71. The first-order chi connectivity index (χ1) is 12.2. The van der Waals surface area contributed by atoms with E-state index in [0.717, 1.165) is 12.1 Å². The van der Waals surface area contributed by atoms with Crippen LogP contribution < -0.4 is 15.4 Å². The Hall–Kier alpha value is -2.80. The number of anilines is 1. The van der Waals surface area contributed by atoms with Gasteiger partial charge in [-0.05, 0) is 36.8 Å². The third-order valence-corrected chi connectivity index (χ3v) is 3.68. The van der Waals surface area contributed by atoms with Crippen molar-refractivity contribution in [1.82, 2.24) is 19.9 Å². The Labute approximate surface area is 150 Å². The number of hydrogen-bond donors (Lipinski definition) is 2. The highest BCUT2D eigenvalue weighted by Crippen LogP contribution is 2.28. The van der Waals surface area contributed by atoms with Crippen molar-refractivity contribution >= 4 is 29.0 Å². The van der Waals surface area contributed by atoms with Crippen LogP contribution in [0.25, 0.3) is 5.65 Å². The lowest BCUT2D eigenvalue weighted by Crippen LogP contribution is -2.29. The van der Waals surface area contributed by atoms with Crippen LogP contribution in [0.1, 0.15) is 19.2 Å². The average Bonchev–Trinajstić information content (AvgIpc) is 3.02. The minimum absolute atomic E-state index is 0.239. The Morgan fingerprint density at radius 3 is 3.00 bits per heavy atom. The van der Waals surface area contributed by atoms with Crippen molar-refractivity contribution in [2.24, 2.45) is 0 Å². The monoisotopic (exact) mass is 359 g/mol. The number of hydrogen-bond acceptors (Lipinski definition) is 4. The molecule has 2 amide bonds. The molecule has 7 nitrogen and oxygen atoms in total. The Balaban J connectivity index is 1.65. The average molecular weight is 360 g/mol. The number of aromatic nitrogens is 3. The molecule has 0 aliphatic carbocycles. The molecule has 0 fully saturated rings. The van der Waals surface area contributed by atoms with Gasteiger partial charge in [-0.2, -0.15) is 0 Å². The molecule has 0 spiro atoms. The molecule has 0 saturated carbocycles. The van der Waals surface area contributed by atoms with Crippen LogP contribution in [0.3, 0.4) is 0 Å². The molecular formula is C17H18ClN5O2. The topological polar surface area (TPSA) is 80.5 Å². The van der Waals surface area contributed by atoms with Crippen molar-refractivity contribution in [3.05, 3.63) is 53.4 Å². The van der Waals surface area contributed by atoms with E-state index in [9.17, 15) is 4.79 Å². The number of nitrogens with one attached hydrogen (secondary N) is 2. The molecule has 2 heterocycles. The minimum Gasteiger partial charge on any atom is -0.491 e. The fraction of sp³-hybridized carbons (Fsp3) is 0.235. The Bertz CT molecular complexity index is 880. The summed E-state index contributed by atoms with van der Waals surface area (Å²) in [7, 11) is 0. The SMILES string of the molecule is CCCOc1ccc(Cl)cc1NC(=O)NCc1nnc2ccccn12. The van der Waals surface area contributed by atoms with Gasteiger partial charge in [0.25, 0.3) is 0 Å². The van der Waals surface area contributed by atoms with Crippen LogP contribution in [0.15, 0.2) is 42.6 Å². The first kappa shape index (κ1) is 17.0. The first-order valence-corrected chi connectivity index (χ1v) is 8.31. The zero-order valence-corrected chi connectivity index (χ0v) is 14.5. The number of amides is 2. The van der Waals surface area contributed by atoms with Crippen molar-refractivity contribution in [2.75, 3.05) is 11.9 Å². The highest BCUT2D eigenvalue weighted by Gasteiger charge is 2.10. The second-order valence-electron chi connectivity index (χ2n) is 5.34.